The number of piperidine rings is 1. The van der Waals surface area contributed by atoms with Crippen molar-refractivity contribution >= 4 is 29.3 Å². The summed E-state index contributed by atoms with van der Waals surface area (Å²) in [6, 6.07) is 12.2. The maximum atomic E-state index is 13.0. The lowest BCUT2D eigenvalue weighted by molar-refractivity contribution is -0.151. The normalized spacial score (nSPS) is 15.7. The Morgan fingerprint density at radius 2 is 1.86 bits per heavy atom. The number of likely N-dealkylation sites (tertiary alicyclic amines) is 1. The van der Waals surface area contributed by atoms with Crippen LogP contribution in [0.3, 0.4) is 0 Å². The van der Waals surface area contributed by atoms with Crippen LogP contribution >= 0.6 is 0 Å². The number of ketones is 1. The third-order valence-corrected chi connectivity index (χ3v) is 6.34. The molecule has 0 aromatic heterocycles. The first-order valence-corrected chi connectivity index (χ1v) is 12.1. The quantitative estimate of drug-likeness (QED) is 0.411. The van der Waals surface area contributed by atoms with E-state index >= 15 is 0 Å². The van der Waals surface area contributed by atoms with Crippen molar-refractivity contribution in [1.29, 1.82) is 0 Å². The highest BCUT2D eigenvalue weighted by molar-refractivity contribution is 6.04. The number of fused-ring (bicyclic) bond motifs is 1. The zero-order valence-corrected chi connectivity index (χ0v) is 20.5. The van der Waals surface area contributed by atoms with Crippen LogP contribution in [-0.4, -0.2) is 67.9 Å². The number of aryl methyl sites for hydroxylation is 1. The average Bonchev–Trinajstić information content (AvgIpc) is 2.89. The summed E-state index contributed by atoms with van der Waals surface area (Å²) in [5.41, 5.74) is 1.75. The Bertz CT molecular complexity index is 1150. The molecule has 2 amide bonds. The zero-order valence-electron chi connectivity index (χ0n) is 20.5. The Balaban J connectivity index is 1.41. The van der Waals surface area contributed by atoms with E-state index in [1.54, 1.807) is 36.1 Å². The van der Waals surface area contributed by atoms with Crippen LogP contribution < -0.4 is 14.4 Å². The molecule has 0 saturated carbocycles. The number of carbonyl (C=O) groups excluding carboxylic acids is 4. The molecule has 0 spiro atoms. The number of ether oxygens (including phenoxy) is 3. The lowest BCUT2D eigenvalue weighted by Crippen LogP contribution is -2.49. The smallest absolute Gasteiger partial charge is 0.309 e. The largest absolute Gasteiger partial charge is 0.485 e. The molecule has 0 atom stereocenters. The van der Waals surface area contributed by atoms with Gasteiger partial charge < -0.3 is 19.1 Å². The molecule has 0 aliphatic carbocycles. The van der Waals surface area contributed by atoms with Gasteiger partial charge >= 0.3 is 5.97 Å². The van der Waals surface area contributed by atoms with Crippen molar-refractivity contribution < 1.29 is 33.4 Å². The molecule has 9 nitrogen and oxygen atoms in total. The third kappa shape index (κ3) is 5.84. The van der Waals surface area contributed by atoms with Crippen molar-refractivity contribution in [2.75, 3.05) is 44.4 Å². The first kappa shape index (κ1) is 25.2. The molecule has 9 heteroatoms. The van der Waals surface area contributed by atoms with E-state index in [2.05, 4.69) is 0 Å². The van der Waals surface area contributed by atoms with Gasteiger partial charge in [0.1, 0.15) is 18.0 Å². The summed E-state index contributed by atoms with van der Waals surface area (Å²) in [5.74, 6) is -0.264. The summed E-state index contributed by atoms with van der Waals surface area (Å²) in [6.45, 7) is 4.36. The Kier molecular flexibility index (Phi) is 7.87. The van der Waals surface area contributed by atoms with Gasteiger partial charge in [0.25, 0.3) is 5.91 Å². The minimum Gasteiger partial charge on any atom is -0.485 e. The molecule has 2 aromatic rings. The second-order valence-electron chi connectivity index (χ2n) is 8.89. The molecule has 190 valence electrons. The van der Waals surface area contributed by atoms with Crippen molar-refractivity contribution in [3.63, 3.8) is 0 Å². The van der Waals surface area contributed by atoms with Crippen molar-refractivity contribution in [2.45, 2.75) is 26.7 Å². The summed E-state index contributed by atoms with van der Waals surface area (Å²) in [6.07, 6.45) is 1.05. The van der Waals surface area contributed by atoms with Crippen molar-refractivity contribution in [3.05, 3.63) is 53.6 Å². The molecule has 0 bridgehead atoms. The first-order chi connectivity index (χ1) is 17.4. The predicted molar refractivity (Wildman–Crippen MR) is 131 cm³/mol. The minimum atomic E-state index is -0.363. The van der Waals surface area contributed by atoms with Gasteiger partial charge in [-0.15, -0.1) is 0 Å². The van der Waals surface area contributed by atoms with E-state index < -0.39 is 0 Å². The van der Waals surface area contributed by atoms with Crippen LogP contribution in [0.15, 0.2) is 42.5 Å². The standard InChI is InChI=1S/C27H30N2O7/c1-3-34-27(33)19-9-11-28(12-10-19)25(31)15-29-22-14-20(7-8-24(22)36-17-26(29)32)23(30)16-35-21-6-4-5-18(2)13-21/h4-8,13-14,19H,3,9-12,15-17H2,1-2H3. The SMILES string of the molecule is CCOC(=O)C1CCN(C(=O)CN2C(=O)COc3ccc(C(=O)COc4cccc(C)c4)cc32)CC1. The van der Waals surface area contributed by atoms with Crippen molar-refractivity contribution in [2.24, 2.45) is 5.92 Å². The molecule has 2 aromatic carbocycles. The number of nitrogens with zero attached hydrogens (tertiary/aromatic N) is 2. The van der Waals surface area contributed by atoms with Gasteiger partial charge in [0.2, 0.25) is 5.91 Å². The van der Waals surface area contributed by atoms with Crippen molar-refractivity contribution in [1.82, 2.24) is 4.90 Å². The van der Waals surface area contributed by atoms with E-state index in [1.807, 2.05) is 25.1 Å². The number of benzene rings is 2. The number of esters is 1. The van der Waals surface area contributed by atoms with Crippen LogP contribution in [0.25, 0.3) is 0 Å². The highest BCUT2D eigenvalue weighted by Crippen LogP contribution is 2.33. The predicted octanol–water partition coefficient (Wildman–Crippen LogP) is 2.78. The topological polar surface area (TPSA) is 102 Å². The van der Waals surface area contributed by atoms with Crippen molar-refractivity contribution in [3.8, 4) is 11.5 Å². The van der Waals surface area contributed by atoms with E-state index in [4.69, 9.17) is 14.2 Å². The monoisotopic (exact) mass is 494 g/mol. The van der Waals surface area contributed by atoms with Gasteiger partial charge in [-0.25, -0.2) is 0 Å². The van der Waals surface area contributed by atoms with E-state index in [9.17, 15) is 19.2 Å². The van der Waals surface area contributed by atoms with Gasteiger partial charge in [-0.1, -0.05) is 12.1 Å². The summed E-state index contributed by atoms with van der Waals surface area (Å²) < 4.78 is 16.2. The van der Waals surface area contributed by atoms with Gasteiger partial charge in [-0.3, -0.25) is 24.1 Å². The van der Waals surface area contributed by atoms with Crippen LogP contribution in [0.2, 0.25) is 0 Å². The lowest BCUT2D eigenvalue weighted by Gasteiger charge is -2.34. The Morgan fingerprint density at radius 1 is 1.08 bits per heavy atom. The Morgan fingerprint density at radius 3 is 2.58 bits per heavy atom. The average molecular weight is 495 g/mol. The molecular weight excluding hydrogens is 464 g/mol. The van der Waals surface area contributed by atoms with Crippen LogP contribution in [0, 0.1) is 12.8 Å². The number of Topliss-reactive ketones (excluding diaryl/α,β-unsaturated/α-hetero) is 1. The van der Waals surface area contributed by atoms with Gasteiger partial charge in [-0.05, 0) is 62.6 Å². The number of anilines is 1. The molecule has 2 aliphatic heterocycles. The second kappa shape index (κ2) is 11.2. The second-order valence-corrected chi connectivity index (χ2v) is 8.89. The summed E-state index contributed by atoms with van der Waals surface area (Å²) in [5, 5.41) is 0. The third-order valence-electron chi connectivity index (χ3n) is 6.34. The maximum absolute atomic E-state index is 13.0. The van der Waals surface area contributed by atoms with Gasteiger partial charge in [-0.2, -0.15) is 0 Å². The fourth-order valence-electron chi connectivity index (χ4n) is 4.35. The number of amides is 2. The number of hydrogen-bond donors (Lipinski definition) is 0. The Labute approximate surface area is 209 Å². The summed E-state index contributed by atoms with van der Waals surface area (Å²) in [7, 11) is 0. The maximum Gasteiger partial charge on any atom is 0.309 e. The lowest BCUT2D eigenvalue weighted by atomic mass is 9.97. The number of carbonyl (C=O) groups is 4. The molecule has 0 radical (unpaired) electrons. The highest BCUT2D eigenvalue weighted by atomic mass is 16.5. The van der Waals surface area contributed by atoms with Gasteiger partial charge in [0.05, 0.1) is 18.2 Å². The summed E-state index contributed by atoms with van der Waals surface area (Å²) in [4.78, 5) is 53.5. The fraction of sp³-hybridized carbons (Fsp3) is 0.407. The van der Waals surface area contributed by atoms with Gasteiger partial charge in [0.15, 0.2) is 19.0 Å². The number of rotatable bonds is 8. The fourth-order valence-corrected chi connectivity index (χ4v) is 4.35. The van der Waals surface area contributed by atoms with Gasteiger partial charge in [0, 0.05) is 18.7 Å². The molecule has 2 aliphatic rings. The van der Waals surface area contributed by atoms with E-state index in [0.717, 1.165) is 5.56 Å². The number of hydrogen-bond acceptors (Lipinski definition) is 7. The van der Waals surface area contributed by atoms with E-state index in [0.29, 0.717) is 55.3 Å². The van der Waals surface area contributed by atoms with E-state index in [1.165, 1.54) is 4.90 Å². The highest BCUT2D eigenvalue weighted by Gasteiger charge is 2.32. The van der Waals surface area contributed by atoms with Crippen LogP contribution in [-0.2, 0) is 19.1 Å². The Hall–Kier alpha value is -3.88. The van der Waals surface area contributed by atoms with Crippen LogP contribution in [0.4, 0.5) is 5.69 Å². The molecule has 1 fully saturated rings. The zero-order chi connectivity index (χ0) is 25.7. The molecular formula is C27H30N2O7. The molecule has 0 N–H and O–H groups in total. The molecule has 4 rings (SSSR count). The summed E-state index contributed by atoms with van der Waals surface area (Å²) >= 11 is 0. The van der Waals surface area contributed by atoms with E-state index in [-0.39, 0.29) is 49.2 Å². The van der Waals surface area contributed by atoms with Crippen LogP contribution in [0.1, 0.15) is 35.7 Å². The first-order valence-electron chi connectivity index (χ1n) is 12.1. The molecule has 36 heavy (non-hydrogen) atoms. The molecule has 2 heterocycles. The minimum absolute atomic E-state index is 0.161. The molecule has 1 saturated heterocycles. The van der Waals surface area contributed by atoms with Crippen LogP contribution in [0.5, 0.6) is 11.5 Å². The molecule has 0 unspecified atom stereocenters.